The predicted molar refractivity (Wildman–Crippen MR) is 154 cm³/mol. The molecule has 14 heteroatoms. The summed E-state index contributed by atoms with van der Waals surface area (Å²) in [6.07, 6.45) is -0.680. The van der Waals surface area contributed by atoms with Crippen molar-refractivity contribution in [3.05, 3.63) is 70.6 Å². The molecule has 0 radical (unpaired) electrons. The van der Waals surface area contributed by atoms with E-state index in [1.54, 1.807) is 18.4 Å². The van der Waals surface area contributed by atoms with Gasteiger partial charge in [0, 0.05) is 30.2 Å². The first kappa shape index (κ1) is 30.3. The molecule has 1 aromatic heterocycles. The molecule has 0 aliphatic carbocycles. The Hall–Kier alpha value is -2.68. The molecule has 2 aromatic carbocycles. The number of likely N-dealkylation sites (N-methyl/N-ethyl adjacent to an activating group) is 1. The molecule has 1 aliphatic rings. The van der Waals surface area contributed by atoms with E-state index in [0.29, 0.717) is 5.02 Å². The number of anilines is 1. The maximum Gasteiger partial charge on any atom is 0.271 e. The molecule has 40 heavy (non-hydrogen) atoms. The fourth-order valence-electron chi connectivity index (χ4n) is 4.26. The van der Waals surface area contributed by atoms with Gasteiger partial charge in [-0.2, -0.15) is 4.31 Å². The Bertz CT molecular complexity index is 1560. The highest BCUT2D eigenvalue weighted by molar-refractivity contribution is 7.94. The van der Waals surface area contributed by atoms with E-state index in [2.05, 4.69) is 4.72 Å². The lowest BCUT2D eigenvalue weighted by molar-refractivity contribution is 0.0387. The summed E-state index contributed by atoms with van der Waals surface area (Å²) >= 11 is 6.98. The fourth-order valence-corrected chi connectivity index (χ4v) is 7.62. The standard InChI is InChI=1S/C26H30ClN3O7S3/c1-17-14-30(18(2)16-31)26(32)22-13-20(28-39(33,34)25-5-4-12-38-25)8-11-23(22)37-24(17)15-29(3)40(35,36)21-9-6-19(27)7-10-21/h4-13,17-18,24,28,31H,14-16H2,1-3H3/t17-,18+,24+/m0/s1. The molecule has 1 aliphatic heterocycles. The third-order valence-corrected chi connectivity index (χ3v) is 11.5. The van der Waals surface area contributed by atoms with Crippen LogP contribution in [0.3, 0.4) is 0 Å². The van der Waals surface area contributed by atoms with E-state index < -0.39 is 38.1 Å². The van der Waals surface area contributed by atoms with Gasteiger partial charge >= 0.3 is 0 Å². The van der Waals surface area contributed by atoms with Gasteiger partial charge in [-0.3, -0.25) is 9.52 Å². The molecule has 0 unspecified atom stereocenters. The van der Waals surface area contributed by atoms with Crippen molar-refractivity contribution in [2.45, 2.75) is 35.1 Å². The molecular weight excluding hydrogens is 598 g/mol. The van der Waals surface area contributed by atoms with Gasteiger partial charge in [-0.05, 0) is 60.8 Å². The number of amides is 1. The highest BCUT2D eigenvalue weighted by atomic mass is 35.5. The SMILES string of the molecule is C[C@H](CO)N1C[C@H](C)[C@@H](CN(C)S(=O)(=O)c2ccc(Cl)cc2)Oc2ccc(NS(=O)(=O)c3cccs3)cc2C1=O. The quantitative estimate of drug-likeness (QED) is 0.369. The summed E-state index contributed by atoms with van der Waals surface area (Å²) in [7, 11) is -6.29. The van der Waals surface area contributed by atoms with Crippen LogP contribution in [-0.4, -0.2) is 75.9 Å². The largest absolute Gasteiger partial charge is 0.488 e. The molecule has 0 fully saturated rings. The zero-order valence-corrected chi connectivity index (χ0v) is 25.2. The van der Waals surface area contributed by atoms with Gasteiger partial charge in [0.15, 0.2) is 0 Å². The van der Waals surface area contributed by atoms with Crippen molar-refractivity contribution >= 4 is 54.6 Å². The number of sulfonamides is 2. The number of hydrogen-bond donors (Lipinski definition) is 2. The molecule has 0 bridgehead atoms. The van der Waals surface area contributed by atoms with E-state index in [9.17, 15) is 26.7 Å². The van der Waals surface area contributed by atoms with Crippen LogP contribution in [0, 0.1) is 5.92 Å². The first-order valence-electron chi connectivity index (χ1n) is 12.3. The Kier molecular flexibility index (Phi) is 9.12. The van der Waals surface area contributed by atoms with E-state index in [-0.39, 0.29) is 51.7 Å². The highest BCUT2D eigenvalue weighted by Gasteiger charge is 2.35. The highest BCUT2D eigenvalue weighted by Crippen LogP contribution is 2.32. The second-order valence-corrected chi connectivity index (χ2v) is 14.9. The topological polar surface area (TPSA) is 133 Å². The van der Waals surface area contributed by atoms with Crippen molar-refractivity contribution < 1.29 is 31.5 Å². The Labute approximate surface area is 243 Å². The number of carbonyl (C=O) groups excluding carboxylic acids is 1. The minimum atomic E-state index is -3.87. The minimum Gasteiger partial charge on any atom is -0.488 e. The van der Waals surface area contributed by atoms with Crippen LogP contribution in [0.4, 0.5) is 5.69 Å². The normalized spacial score (nSPS) is 18.9. The number of nitrogens with zero attached hydrogens (tertiary/aromatic N) is 2. The number of aliphatic hydroxyl groups excluding tert-OH is 1. The Morgan fingerprint density at radius 2 is 1.88 bits per heavy atom. The number of halogens is 1. The van der Waals surface area contributed by atoms with Gasteiger partial charge in [0.1, 0.15) is 16.1 Å². The minimum absolute atomic E-state index is 0.0339. The molecule has 2 heterocycles. The summed E-state index contributed by atoms with van der Waals surface area (Å²) in [5, 5.41) is 11.9. The molecule has 0 spiro atoms. The Morgan fingerprint density at radius 1 is 1.18 bits per heavy atom. The lowest BCUT2D eigenvalue weighted by Gasteiger charge is -2.38. The summed E-state index contributed by atoms with van der Waals surface area (Å²) in [5.41, 5.74) is 0.250. The average Bonchev–Trinajstić information content (AvgIpc) is 3.47. The smallest absolute Gasteiger partial charge is 0.271 e. The number of aliphatic hydroxyl groups is 1. The van der Waals surface area contributed by atoms with E-state index >= 15 is 0 Å². The zero-order chi connectivity index (χ0) is 29.2. The van der Waals surface area contributed by atoms with Gasteiger partial charge in [-0.15, -0.1) is 11.3 Å². The van der Waals surface area contributed by atoms with Gasteiger partial charge in [0.25, 0.3) is 15.9 Å². The van der Waals surface area contributed by atoms with Crippen molar-refractivity contribution in [3.8, 4) is 5.75 Å². The molecule has 3 atom stereocenters. The van der Waals surface area contributed by atoms with Crippen molar-refractivity contribution in [2.75, 3.05) is 31.5 Å². The average molecular weight is 628 g/mol. The summed E-state index contributed by atoms with van der Waals surface area (Å²) < 4.78 is 62.1. The van der Waals surface area contributed by atoms with Gasteiger partial charge in [-0.1, -0.05) is 24.6 Å². The zero-order valence-electron chi connectivity index (χ0n) is 22.0. The predicted octanol–water partition coefficient (Wildman–Crippen LogP) is 3.74. The number of nitrogens with one attached hydrogen (secondary N) is 1. The molecule has 0 saturated carbocycles. The van der Waals surface area contributed by atoms with Crippen LogP contribution >= 0.6 is 22.9 Å². The number of benzene rings is 2. The molecule has 0 saturated heterocycles. The Balaban J connectivity index is 1.68. The fraction of sp³-hybridized carbons (Fsp3) is 0.346. The van der Waals surface area contributed by atoms with E-state index in [0.717, 1.165) is 11.3 Å². The lowest BCUT2D eigenvalue weighted by Crippen LogP contribution is -2.50. The number of hydrogen-bond acceptors (Lipinski definition) is 8. The number of carbonyl (C=O) groups is 1. The maximum absolute atomic E-state index is 13.6. The van der Waals surface area contributed by atoms with Gasteiger partial charge < -0.3 is 14.7 Å². The van der Waals surface area contributed by atoms with E-state index in [4.69, 9.17) is 16.3 Å². The first-order chi connectivity index (χ1) is 18.8. The van der Waals surface area contributed by atoms with Crippen molar-refractivity contribution in [2.24, 2.45) is 5.92 Å². The van der Waals surface area contributed by atoms with Crippen molar-refractivity contribution in [3.63, 3.8) is 0 Å². The first-order valence-corrected chi connectivity index (χ1v) is 16.5. The molecule has 1 amide bonds. The van der Waals surface area contributed by atoms with Crippen LogP contribution in [0.2, 0.25) is 5.02 Å². The molecule has 2 N–H and O–H groups in total. The van der Waals surface area contributed by atoms with Crippen LogP contribution in [0.25, 0.3) is 0 Å². The number of thiophene rings is 1. The molecule has 4 rings (SSSR count). The second kappa shape index (κ2) is 12.0. The molecule has 216 valence electrons. The third-order valence-electron chi connectivity index (χ3n) is 6.64. The van der Waals surface area contributed by atoms with Gasteiger partial charge in [0.05, 0.1) is 29.7 Å². The van der Waals surface area contributed by atoms with Crippen molar-refractivity contribution in [1.29, 1.82) is 0 Å². The van der Waals surface area contributed by atoms with Crippen LogP contribution in [0.15, 0.2) is 69.1 Å². The van der Waals surface area contributed by atoms with Gasteiger partial charge in [0.2, 0.25) is 10.0 Å². The van der Waals surface area contributed by atoms with Crippen LogP contribution in [0.1, 0.15) is 24.2 Å². The maximum atomic E-state index is 13.6. The summed E-state index contributed by atoms with van der Waals surface area (Å²) in [4.78, 5) is 15.2. The molecule has 10 nitrogen and oxygen atoms in total. The molecular formula is C26H30ClN3O7S3. The number of rotatable bonds is 9. The summed E-state index contributed by atoms with van der Waals surface area (Å²) in [6, 6.07) is 12.7. The van der Waals surface area contributed by atoms with Crippen LogP contribution in [0.5, 0.6) is 5.75 Å². The van der Waals surface area contributed by atoms with Gasteiger partial charge in [-0.25, -0.2) is 16.8 Å². The number of fused-ring (bicyclic) bond motifs is 1. The summed E-state index contributed by atoms with van der Waals surface area (Å²) in [5.74, 6) is -0.597. The van der Waals surface area contributed by atoms with Crippen LogP contribution in [-0.2, 0) is 20.0 Å². The summed E-state index contributed by atoms with van der Waals surface area (Å²) in [6.45, 7) is 3.38. The third kappa shape index (κ3) is 6.45. The monoisotopic (exact) mass is 627 g/mol. The number of ether oxygens (including phenoxy) is 1. The second-order valence-electron chi connectivity index (χ2n) is 9.61. The van der Waals surface area contributed by atoms with Crippen LogP contribution < -0.4 is 9.46 Å². The lowest BCUT2D eigenvalue weighted by atomic mass is 9.99. The Morgan fingerprint density at radius 3 is 2.50 bits per heavy atom. The van der Waals surface area contributed by atoms with Crippen molar-refractivity contribution in [1.82, 2.24) is 9.21 Å². The molecule has 3 aromatic rings. The van der Waals surface area contributed by atoms with E-state index in [1.807, 2.05) is 6.92 Å². The van der Waals surface area contributed by atoms with E-state index in [1.165, 1.54) is 64.8 Å².